The molecule has 2 heterocycles. The molecule has 0 aliphatic carbocycles. The third-order valence-corrected chi connectivity index (χ3v) is 5.25. The molecule has 1 aromatic heterocycles. The molecular formula is C23H25FN2O4. The SMILES string of the molecule is Cc1ccc(CNC(=O)NCc2oc3ccc(F)cc3c2C)c(OC2CCOC2)c1. The maximum Gasteiger partial charge on any atom is 0.315 e. The molecular weight excluding hydrogens is 387 g/mol. The number of nitrogens with one attached hydrogen (secondary N) is 2. The third-order valence-electron chi connectivity index (χ3n) is 5.25. The van der Waals surface area contributed by atoms with E-state index in [9.17, 15) is 9.18 Å². The molecule has 1 atom stereocenters. The van der Waals surface area contributed by atoms with Crippen molar-refractivity contribution < 1.29 is 23.1 Å². The molecule has 30 heavy (non-hydrogen) atoms. The Kier molecular flexibility index (Phi) is 5.90. The van der Waals surface area contributed by atoms with Crippen LogP contribution in [-0.2, 0) is 17.8 Å². The van der Waals surface area contributed by atoms with E-state index in [4.69, 9.17) is 13.9 Å². The Bertz CT molecular complexity index is 1060. The molecule has 1 aliphatic rings. The van der Waals surface area contributed by atoms with Gasteiger partial charge in [-0.3, -0.25) is 0 Å². The molecule has 2 aromatic carbocycles. The summed E-state index contributed by atoms with van der Waals surface area (Å²) in [5.41, 5.74) is 3.41. The molecule has 4 rings (SSSR count). The number of ether oxygens (including phenoxy) is 2. The van der Waals surface area contributed by atoms with Crippen molar-refractivity contribution in [3.63, 3.8) is 0 Å². The fourth-order valence-corrected chi connectivity index (χ4v) is 3.51. The summed E-state index contributed by atoms with van der Waals surface area (Å²) >= 11 is 0. The highest BCUT2D eigenvalue weighted by Gasteiger charge is 2.19. The Morgan fingerprint density at radius 1 is 1.17 bits per heavy atom. The molecule has 1 fully saturated rings. The second-order valence-electron chi connectivity index (χ2n) is 7.54. The van der Waals surface area contributed by atoms with Gasteiger partial charge in [0, 0.05) is 29.5 Å². The van der Waals surface area contributed by atoms with Gasteiger partial charge in [-0.05, 0) is 43.7 Å². The van der Waals surface area contributed by atoms with E-state index in [0.29, 0.717) is 36.5 Å². The van der Waals surface area contributed by atoms with Gasteiger partial charge in [0.15, 0.2) is 0 Å². The first kappa shape index (κ1) is 20.2. The van der Waals surface area contributed by atoms with E-state index in [1.54, 1.807) is 6.07 Å². The molecule has 0 saturated carbocycles. The zero-order valence-corrected chi connectivity index (χ0v) is 17.1. The van der Waals surface area contributed by atoms with Crippen molar-refractivity contribution in [3.05, 3.63) is 64.7 Å². The zero-order chi connectivity index (χ0) is 21.1. The van der Waals surface area contributed by atoms with Gasteiger partial charge < -0.3 is 24.5 Å². The van der Waals surface area contributed by atoms with Crippen LogP contribution in [0.3, 0.4) is 0 Å². The van der Waals surface area contributed by atoms with Gasteiger partial charge in [-0.2, -0.15) is 0 Å². The molecule has 1 aliphatic heterocycles. The number of aryl methyl sites for hydroxylation is 2. The van der Waals surface area contributed by atoms with Gasteiger partial charge in [-0.15, -0.1) is 0 Å². The second kappa shape index (κ2) is 8.75. The number of urea groups is 1. The number of hydrogen-bond acceptors (Lipinski definition) is 4. The molecule has 158 valence electrons. The first-order valence-corrected chi connectivity index (χ1v) is 10.0. The number of halogens is 1. The maximum absolute atomic E-state index is 13.4. The normalized spacial score (nSPS) is 16.0. The van der Waals surface area contributed by atoms with Gasteiger partial charge in [0.05, 0.1) is 19.8 Å². The Hall–Kier alpha value is -3.06. The number of fused-ring (bicyclic) bond motifs is 1. The first-order valence-electron chi connectivity index (χ1n) is 10.0. The summed E-state index contributed by atoms with van der Waals surface area (Å²) in [6, 6.07) is 9.99. The lowest BCUT2D eigenvalue weighted by Crippen LogP contribution is -2.34. The lowest BCUT2D eigenvalue weighted by Gasteiger charge is -2.17. The van der Waals surface area contributed by atoms with E-state index in [1.807, 2.05) is 32.0 Å². The van der Waals surface area contributed by atoms with Crippen LogP contribution in [0.2, 0.25) is 0 Å². The summed E-state index contributed by atoms with van der Waals surface area (Å²) in [6.45, 7) is 5.69. The number of benzene rings is 2. The Morgan fingerprint density at radius 2 is 2.00 bits per heavy atom. The van der Waals surface area contributed by atoms with Crippen molar-refractivity contribution in [2.24, 2.45) is 0 Å². The van der Waals surface area contributed by atoms with E-state index in [0.717, 1.165) is 28.9 Å². The van der Waals surface area contributed by atoms with Gasteiger partial charge in [0.1, 0.15) is 29.0 Å². The standard InChI is InChI=1S/C23H25FN2O4/c1-14-3-4-16(21(9-14)29-18-7-8-28-13-18)11-25-23(27)26-12-22-15(2)19-10-17(24)5-6-20(19)30-22/h3-6,9-10,18H,7-8,11-13H2,1-2H3,(H2,25,26,27). The molecule has 1 saturated heterocycles. The molecule has 0 bridgehead atoms. The number of amides is 2. The van der Waals surface area contributed by atoms with Crippen molar-refractivity contribution in [1.82, 2.24) is 10.6 Å². The highest BCUT2D eigenvalue weighted by Crippen LogP contribution is 2.26. The quantitative estimate of drug-likeness (QED) is 0.631. The molecule has 0 radical (unpaired) electrons. The monoisotopic (exact) mass is 412 g/mol. The van der Waals surface area contributed by atoms with Crippen LogP contribution in [0.25, 0.3) is 11.0 Å². The Balaban J connectivity index is 1.35. The topological polar surface area (TPSA) is 72.7 Å². The first-order chi connectivity index (χ1) is 14.5. The van der Waals surface area contributed by atoms with Crippen molar-refractivity contribution in [1.29, 1.82) is 0 Å². The van der Waals surface area contributed by atoms with E-state index in [-0.39, 0.29) is 24.5 Å². The Morgan fingerprint density at radius 3 is 2.80 bits per heavy atom. The minimum Gasteiger partial charge on any atom is -0.488 e. The summed E-state index contributed by atoms with van der Waals surface area (Å²) in [6.07, 6.45) is 0.905. The van der Waals surface area contributed by atoms with Crippen molar-refractivity contribution in [2.75, 3.05) is 13.2 Å². The number of carbonyl (C=O) groups is 1. The lowest BCUT2D eigenvalue weighted by molar-refractivity contribution is 0.140. The smallest absolute Gasteiger partial charge is 0.315 e. The van der Waals surface area contributed by atoms with Gasteiger partial charge in [0.25, 0.3) is 0 Å². The maximum atomic E-state index is 13.4. The van der Waals surface area contributed by atoms with Gasteiger partial charge in [-0.1, -0.05) is 12.1 Å². The fourth-order valence-electron chi connectivity index (χ4n) is 3.51. The highest BCUT2D eigenvalue weighted by atomic mass is 19.1. The highest BCUT2D eigenvalue weighted by molar-refractivity contribution is 5.82. The molecule has 1 unspecified atom stereocenters. The molecule has 0 spiro atoms. The minimum absolute atomic E-state index is 0.0419. The molecule has 3 aromatic rings. The van der Waals surface area contributed by atoms with Gasteiger partial charge in [0.2, 0.25) is 0 Å². The molecule has 7 heteroatoms. The van der Waals surface area contributed by atoms with Crippen LogP contribution < -0.4 is 15.4 Å². The summed E-state index contributed by atoms with van der Waals surface area (Å²) in [5.74, 6) is 1.05. The van der Waals surface area contributed by atoms with Gasteiger partial charge in [-0.25, -0.2) is 9.18 Å². The van der Waals surface area contributed by atoms with Crippen LogP contribution in [0, 0.1) is 19.7 Å². The summed E-state index contributed by atoms with van der Waals surface area (Å²) in [7, 11) is 0. The largest absolute Gasteiger partial charge is 0.488 e. The van der Waals surface area contributed by atoms with Crippen molar-refractivity contribution >= 4 is 17.0 Å². The predicted molar refractivity (Wildman–Crippen MR) is 111 cm³/mol. The van der Waals surface area contributed by atoms with Crippen LogP contribution in [0.1, 0.15) is 28.9 Å². The third kappa shape index (κ3) is 4.57. The molecule has 2 N–H and O–H groups in total. The fraction of sp³-hybridized carbons (Fsp3) is 0.348. The minimum atomic E-state index is -0.322. The summed E-state index contributed by atoms with van der Waals surface area (Å²) in [4.78, 5) is 12.3. The van der Waals surface area contributed by atoms with E-state index < -0.39 is 0 Å². The number of furan rings is 1. The van der Waals surface area contributed by atoms with Crippen molar-refractivity contribution in [2.45, 2.75) is 39.5 Å². The number of hydrogen-bond donors (Lipinski definition) is 2. The van der Waals surface area contributed by atoms with Crippen LogP contribution in [0.5, 0.6) is 5.75 Å². The molecule has 6 nitrogen and oxygen atoms in total. The summed E-state index contributed by atoms with van der Waals surface area (Å²) in [5, 5.41) is 6.36. The number of carbonyl (C=O) groups excluding carboxylic acids is 1. The average molecular weight is 412 g/mol. The summed E-state index contributed by atoms with van der Waals surface area (Å²) < 4.78 is 30.6. The van der Waals surface area contributed by atoms with Crippen LogP contribution in [0.15, 0.2) is 40.8 Å². The molecule has 2 amide bonds. The van der Waals surface area contributed by atoms with Crippen molar-refractivity contribution in [3.8, 4) is 5.75 Å². The van der Waals surface area contributed by atoms with Crippen LogP contribution in [-0.4, -0.2) is 25.3 Å². The Labute approximate surface area is 174 Å². The lowest BCUT2D eigenvalue weighted by atomic mass is 10.1. The van der Waals surface area contributed by atoms with Crippen LogP contribution >= 0.6 is 0 Å². The van der Waals surface area contributed by atoms with Gasteiger partial charge >= 0.3 is 6.03 Å². The number of rotatable bonds is 6. The predicted octanol–water partition coefficient (Wildman–Crippen LogP) is 4.36. The zero-order valence-electron chi connectivity index (χ0n) is 17.1. The van der Waals surface area contributed by atoms with E-state index in [2.05, 4.69) is 10.6 Å². The second-order valence-corrected chi connectivity index (χ2v) is 7.54. The van der Waals surface area contributed by atoms with E-state index >= 15 is 0 Å². The average Bonchev–Trinajstić information content (AvgIpc) is 3.34. The van der Waals surface area contributed by atoms with E-state index in [1.165, 1.54) is 12.1 Å². The van der Waals surface area contributed by atoms with Crippen LogP contribution in [0.4, 0.5) is 9.18 Å².